The fraction of sp³-hybridized carbons (Fsp3) is 0.529. The second kappa shape index (κ2) is 7.56. The fourth-order valence-corrected chi connectivity index (χ4v) is 3.09. The van der Waals surface area contributed by atoms with Crippen LogP contribution in [0, 0.1) is 28.6 Å². The predicted octanol–water partition coefficient (Wildman–Crippen LogP) is 3.88. The first-order chi connectivity index (χ1) is 9.86. The fourth-order valence-electron chi connectivity index (χ4n) is 3.09. The van der Waals surface area contributed by atoms with Gasteiger partial charge in [-0.1, -0.05) is 37.5 Å². The molecular formula is C17H21N3. The third kappa shape index (κ3) is 3.52. The van der Waals surface area contributed by atoms with Crippen LogP contribution in [0.1, 0.15) is 38.5 Å². The first-order valence-corrected chi connectivity index (χ1v) is 7.45. The van der Waals surface area contributed by atoms with Crippen molar-refractivity contribution in [3.05, 3.63) is 30.3 Å². The van der Waals surface area contributed by atoms with Gasteiger partial charge in [-0.3, -0.25) is 0 Å². The van der Waals surface area contributed by atoms with Crippen molar-refractivity contribution in [1.29, 1.82) is 10.5 Å². The third-order valence-electron chi connectivity index (χ3n) is 4.10. The molecule has 2 unspecified atom stereocenters. The van der Waals surface area contributed by atoms with Crippen LogP contribution in [-0.4, -0.2) is 12.6 Å². The van der Waals surface area contributed by atoms with Crippen molar-refractivity contribution in [2.24, 2.45) is 5.92 Å². The predicted molar refractivity (Wildman–Crippen MR) is 80.0 cm³/mol. The maximum atomic E-state index is 9.47. The van der Waals surface area contributed by atoms with Gasteiger partial charge in [0.15, 0.2) is 0 Å². The van der Waals surface area contributed by atoms with Crippen LogP contribution in [-0.2, 0) is 0 Å². The molecule has 1 fully saturated rings. The molecule has 0 aliphatic heterocycles. The van der Waals surface area contributed by atoms with Gasteiger partial charge in [-0.05, 0) is 25.0 Å². The summed E-state index contributed by atoms with van der Waals surface area (Å²) in [5.41, 5.74) is 1.13. The van der Waals surface area contributed by atoms with E-state index in [1.54, 1.807) is 0 Å². The van der Waals surface area contributed by atoms with Gasteiger partial charge in [-0.2, -0.15) is 10.5 Å². The third-order valence-corrected chi connectivity index (χ3v) is 4.10. The Hall–Kier alpha value is -2.00. The molecule has 1 aliphatic carbocycles. The van der Waals surface area contributed by atoms with E-state index in [1.165, 1.54) is 12.8 Å². The number of para-hydroxylation sites is 1. The van der Waals surface area contributed by atoms with Gasteiger partial charge >= 0.3 is 0 Å². The summed E-state index contributed by atoms with van der Waals surface area (Å²) in [6, 6.07) is 15.2. The number of benzene rings is 1. The van der Waals surface area contributed by atoms with E-state index in [1.807, 2.05) is 18.2 Å². The molecule has 0 saturated heterocycles. The molecule has 3 nitrogen and oxygen atoms in total. The molecule has 20 heavy (non-hydrogen) atoms. The lowest BCUT2D eigenvalue weighted by molar-refractivity contribution is 0.449. The van der Waals surface area contributed by atoms with Crippen LogP contribution in [0.2, 0.25) is 0 Å². The second-order valence-electron chi connectivity index (χ2n) is 5.38. The molecule has 0 aromatic heterocycles. The molecule has 3 heteroatoms. The van der Waals surface area contributed by atoms with Crippen molar-refractivity contribution in [3.8, 4) is 12.1 Å². The van der Waals surface area contributed by atoms with E-state index in [4.69, 9.17) is 5.26 Å². The first kappa shape index (κ1) is 14.4. The second-order valence-corrected chi connectivity index (χ2v) is 5.38. The van der Waals surface area contributed by atoms with Crippen molar-refractivity contribution >= 4 is 5.69 Å². The normalized spacial score (nSPS) is 22.3. The van der Waals surface area contributed by atoms with Crippen LogP contribution in [0.5, 0.6) is 0 Å². The zero-order valence-corrected chi connectivity index (χ0v) is 11.8. The Balaban J connectivity index is 2.24. The molecule has 1 aromatic carbocycles. The summed E-state index contributed by atoms with van der Waals surface area (Å²) < 4.78 is 0. The van der Waals surface area contributed by atoms with Gasteiger partial charge in [-0.25, -0.2) is 0 Å². The summed E-state index contributed by atoms with van der Waals surface area (Å²) in [6.07, 6.45) is 6.09. The quantitative estimate of drug-likeness (QED) is 0.778. The molecule has 104 valence electrons. The van der Waals surface area contributed by atoms with E-state index >= 15 is 0 Å². The van der Waals surface area contributed by atoms with Crippen LogP contribution in [0.25, 0.3) is 0 Å². The average Bonchev–Trinajstić information content (AvgIpc) is 2.74. The van der Waals surface area contributed by atoms with Crippen LogP contribution < -0.4 is 4.90 Å². The number of hydrogen-bond donors (Lipinski definition) is 0. The molecule has 1 aromatic rings. The monoisotopic (exact) mass is 267 g/mol. The van der Waals surface area contributed by atoms with Crippen molar-refractivity contribution in [2.45, 2.75) is 44.6 Å². The molecule has 0 spiro atoms. The number of nitrogens with zero attached hydrogens (tertiary/aromatic N) is 3. The number of rotatable bonds is 4. The SMILES string of the molecule is N#CCCN(c1ccccc1)C1CCCCCC1C#N. The van der Waals surface area contributed by atoms with Gasteiger partial charge in [-0.15, -0.1) is 0 Å². The highest BCUT2D eigenvalue weighted by molar-refractivity contribution is 5.47. The summed E-state index contributed by atoms with van der Waals surface area (Å²) in [5, 5.41) is 18.4. The lowest BCUT2D eigenvalue weighted by atomic mass is 9.94. The molecular weight excluding hydrogens is 246 g/mol. The maximum Gasteiger partial charge on any atom is 0.0677 e. The van der Waals surface area contributed by atoms with Crippen LogP contribution in [0.15, 0.2) is 30.3 Å². The molecule has 1 aliphatic rings. The van der Waals surface area contributed by atoms with E-state index in [0.29, 0.717) is 13.0 Å². The Kier molecular flexibility index (Phi) is 5.44. The number of anilines is 1. The van der Waals surface area contributed by atoms with E-state index in [0.717, 1.165) is 24.9 Å². The molecule has 0 amide bonds. The van der Waals surface area contributed by atoms with Gasteiger partial charge in [0.2, 0.25) is 0 Å². The van der Waals surface area contributed by atoms with Crippen LogP contribution >= 0.6 is 0 Å². The molecule has 2 rings (SSSR count). The summed E-state index contributed by atoms with van der Waals surface area (Å²) >= 11 is 0. The Morgan fingerprint density at radius 2 is 1.80 bits per heavy atom. The van der Waals surface area contributed by atoms with E-state index in [9.17, 15) is 5.26 Å². The minimum absolute atomic E-state index is 0.0800. The zero-order chi connectivity index (χ0) is 14.2. The number of hydrogen-bond acceptors (Lipinski definition) is 3. The van der Waals surface area contributed by atoms with Crippen molar-refractivity contribution in [3.63, 3.8) is 0 Å². The van der Waals surface area contributed by atoms with Gasteiger partial charge in [0, 0.05) is 18.3 Å². The molecule has 0 bridgehead atoms. The van der Waals surface area contributed by atoms with Gasteiger partial charge < -0.3 is 4.90 Å². The Morgan fingerprint density at radius 1 is 1.05 bits per heavy atom. The van der Waals surface area contributed by atoms with Gasteiger partial charge in [0.05, 0.1) is 24.5 Å². The highest BCUT2D eigenvalue weighted by atomic mass is 15.2. The molecule has 0 heterocycles. The van der Waals surface area contributed by atoms with Gasteiger partial charge in [0.25, 0.3) is 0 Å². The summed E-state index contributed by atoms with van der Waals surface area (Å²) in [6.45, 7) is 0.712. The maximum absolute atomic E-state index is 9.47. The standard InChI is InChI=1S/C17H21N3/c18-12-7-13-20(16-9-4-2-5-10-16)17-11-6-1-3-8-15(17)14-19/h2,4-5,9-10,15,17H,1,3,6-8,11,13H2. The van der Waals surface area contributed by atoms with Crippen molar-refractivity contribution in [1.82, 2.24) is 0 Å². The minimum atomic E-state index is 0.0800. The van der Waals surface area contributed by atoms with Crippen molar-refractivity contribution in [2.75, 3.05) is 11.4 Å². The Morgan fingerprint density at radius 3 is 2.50 bits per heavy atom. The lowest BCUT2D eigenvalue weighted by Crippen LogP contribution is -2.40. The Labute approximate surface area is 121 Å². The highest BCUT2D eigenvalue weighted by Crippen LogP contribution is 2.30. The average molecular weight is 267 g/mol. The summed E-state index contributed by atoms with van der Waals surface area (Å²) in [7, 11) is 0. The topological polar surface area (TPSA) is 50.8 Å². The Bertz CT molecular complexity index is 483. The van der Waals surface area contributed by atoms with E-state index in [-0.39, 0.29) is 12.0 Å². The van der Waals surface area contributed by atoms with Crippen LogP contribution in [0.4, 0.5) is 5.69 Å². The van der Waals surface area contributed by atoms with E-state index < -0.39 is 0 Å². The van der Waals surface area contributed by atoms with Gasteiger partial charge in [0.1, 0.15) is 0 Å². The van der Waals surface area contributed by atoms with Crippen molar-refractivity contribution < 1.29 is 0 Å². The molecule has 0 radical (unpaired) electrons. The molecule has 2 atom stereocenters. The summed E-state index contributed by atoms with van der Waals surface area (Å²) in [4.78, 5) is 2.28. The van der Waals surface area contributed by atoms with Crippen LogP contribution in [0.3, 0.4) is 0 Å². The highest BCUT2D eigenvalue weighted by Gasteiger charge is 2.28. The first-order valence-electron chi connectivity index (χ1n) is 7.45. The smallest absolute Gasteiger partial charge is 0.0677 e. The lowest BCUT2D eigenvalue weighted by Gasteiger charge is -2.35. The molecule has 0 N–H and O–H groups in total. The van der Waals surface area contributed by atoms with E-state index in [2.05, 4.69) is 29.2 Å². The summed E-state index contributed by atoms with van der Waals surface area (Å²) in [5.74, 6) is 0.0800. The largest absolute Gasteiger partial charge is 0.366 e. The minimum Gasteiger partial charge on any atom is -0.366 e. The zero-order valence-electron chi connectivity index (χ0n) is 11.8. The molecule has 1 saturated carbocycles. The number of nitriles is 2.